The van der Waals surface area contributed by atoms with E-state index < -0.39 is 5.25 Å². The summed E-state index contributed by atoms with van der Waals surface area (Å²) >= 11 is 2.45. The monoisotopic (exact) mass is 320 g/mol. The zero-order valence-corrected chi connectivity index (χ0v) is 12.8. The Kier molecular flexibility index (Phi) is 3.64. The van der Waals surface area contributed by atoms with Gasteiger partial charge in [-0.25, -0.2) is 4.90 Å². The third-order valence-corrected chi connectivity index (χ3v) is 5.08. The van der Waals surface area contributed by atoms with Gasteiger partial charge in [-0.3, -0.25) is 9.59 Å². The first-order chi connectivity index (χ1) is 10.0. The van der Waals surface area contributed by atoms with E-state index in [-0.39, 0.29) is 18.2 Å². The number of hydrogen-bond acceptors (Lipinski definition) is 7. The van der Waals surface area contributed by atoms with Crippen molar-refractivity contribution in [2.45, 2.75) is 22.9 Å². The Hall–Kier alpha value is -1.93. The largest absolute Gasteiger partial charge is 0.374 e. The van der Waals surface area contributed by atoms with E-state index >= 15 is 0 Å². The minimum atomic E-state index is -0.467. The van der Waals surface area contributed by atoms with Crippen LogP contribution in [0.25, 0.3) is 0 Å². The van der Waals surface area contributed by atoms with Crippen LogP contribution in [-0.2, 0) is 9.59 Å². The Labute approximate surface area is 129 Å². The summed E-state index contributed by atoms with van der Waals surface area (Å²) in [7, 11) is 0. The summed E-state index contributed by atoms with van der Waals surface area (Å²) in [6.45, 7) is 1.95. The lowest BCUT2D eigenvalue weighted by atomic mass is 10.2. The molecule has 0 saturated carbocycles. The van der Waals surface area contributed by atoms with Crippen LogP contribution < -0.4 is 10.6 Å². The Morgan fingerprint density at radius 3 is 2.62 bits per heavy atom. The molecule has 1 saturated heterocycles. The number of nitrogens with two attached hydrogens (primary N) is 1. The standard InChI is InChI=1S/C13H12N4O2S2/c1-7-2-4-8(5-3-7)17-10(18)6-9(11(17)19)20-13-16-15-12(14)21-13/h2-5,9H,6H2,1H3,(H2,14,15). The molecule has 0 spiro atoms. The van der Waals surface area contributed by atoms with Crippen LogP contribution in [0.2, 0.25) is 0 Å². The summed E-state index contributed by atoms with van der Waals surface area (Å²) < 4.78 is 0.601. The summed E-state index contributed by atoms with van der Waals surface area (Å²) in [4.78, 5) is 25.8. The fourth-order valence-electron chi connectivity index (χ4n) is 2.05. The predicted octanol–water partition coefficient (Wildman–Crippen LogP) is 1.85. The normalized spacial score (nSPS) is 18.5. The number of benzene rings is 1. The molecular weight excluding hydrogens is 308 g/mol. The third-order valence-electron chi connectivity index (χ3n) is 3.06. The van der Waals surface area contributed by atoms with E-state index in [9.17, 15) is 9.59 Å². The van der Waals surface area contributed by atoms with Crippen molar-refractivity contribution >= 4 is 45.7 Å². The van der Waals surface area contributed by atoms with Gasteiger partial charge in [-0.2, -0.15) is 0 Å². The number of thioether (sulfide) groups is 1. The smallest absolute Gasteiger partial charge is 0.247 e. The van der Waals surface area contributed by atoms with E-state index in [0.29, 0.717) is 15.2 Å². The highest BCUT2D eigenvalue weighted by molar-refractivity contribution is 8.02. The molecule has 2 heterocycles. The highest BCUT2D eigenvalue weighted by Crippen LogP contribution is 2.35. The van der Waals surface area contributed by atoms with E-state index in [4.69, 9.17) is 5.73 Å². The molecule has 3 rings (SSSR count). The highest BCUT2D eigenvalue weighted by atomic mass is 32.2. The van der Waals surface area contributed by atoms with Crippen LogP contribution in [0.4, 0.5) is 10.8 Å². The number of rotatable bonds is 3. The second kappa shape index (κ2) is 5.45. The number of aryl methyl sites for hydroxylation is 1. The van der Waals surface area contributed by atoms with Crippen LogP contribution in [0.3, 0.4) is 0 Å². The van der Waals surface area contributed by atoms with Gasteiger partial charge in [-0.1, -0.05) is 40.8 Å². The van der Waals surface area contributed by atoms with Gasteiger partial charge in [0.05, 0.1) is 5.69 Å². The van der Waals surface area contributed by atoms with Gasteiger partial charge in [-0.05, 0) is 19.1 Å². The van der Waals surface area contributed by atoms with E-state index in [0.717, 1.165) is 5.56 Å². The van der Waals surface area contributed by atoms with E-state index in [2.05, 4.69) is 10.2 Å². The zero-order chi connectivity index (χ0) is 15.0. The van der Waals surface area contributed by atoms with Crippen molar-refractivity contribution in [1.29, 1.82) is 0 Å². The lowest BCUT2D eigenvalue weighted by Gasteiger charge is -2.14. The van der Waals surface area contributed by atoms with Gasteiger partial charge in [0.2, 0.25) is 16.9 Å². The molecule has 2 N–H and O–H groups in total. The lowest BCUT2D eigenvalue weighted by molar-refractivity contribution is -0.121. The van der Waals surface area contributed by atoms with Gasteiger partial charge in [-0.15, -0.1) is 10.2 Å². The van der Waals surface area contributed by atoms with Crippen molar-refractivity contribution in [1.82, 2.24) is 10.2 Å². The maximum atomic E-state index is 12.4. The van der Waals surface area contributed by atoms with Gasteiger partial charge in [0.15, 0.2) is 4.34 Å². The van der Waals surface area contributed by atoms with Gasteiger partial charge < -0.3 is 5.73 Å². The van der Waals surface area contributed by atoms with Crippen molar-refractivity contribution in [2.75, 3.05) is 10.6 Å². The second-order valence-electron chi connectivity index (χ2n) is 4.62. The van der Waals surface area contributed by atoms with Crippen LogP contribution in [0.1, 0.15) is 12.0 Å². The zero-order valence-electron chi connectivity index (χ0n) is 11.1. The van der Waals surface area contributed by atoms with Gasteiger partial charge in [0.1, 0.15) is 5.25 Å². The molecule has 1 aliphatic heterocycles. The van der Waals surface area contributed by atoms with Crippen molar-refractivity contribution in [3.05, 3.63) is 29.8 Å². The van der Waals surface area contributed by atoms with Crippen molar-refractivity contribution < 1.29 is 9.59 Å². The average molecular weight is 320 g/mol. The molecule has 2 aromatic rings. The topological polar surface area (TPSA) is 89.2 Å². The van der Waals surface area contributed by atoms with Gasteiger partial charge in [0, 0.05) is 6.42 Å². The number of hydrogen-bond donors (Lipinski definition) is 1. The number of aromatic nitrogens is 2. The number of imide groups is 1. The fourth-order valence-corrected chi connectivity index (χ4v) is 3.95. The van der Waals surface area contributed by atoms with Crippen molar-refractivity contribution in [3.8, 4) is 0 Å². The fraction of sp³-hybridized carbons (Fsp3) is 0.231. The number of nitrogens with zero attached hydrogens (tertiary/aromatic N) is 3. The van der Waals surface area contributed by atoms with E-state index in [1.165, 1.54) is 28.0 Å². The molecule has 0 aliphatic carbocycles. The van der Waals surface area contributed by atoms with E-state index in [1.807, 2.05) is 19.1 Å². The maximum Gasteiger partial charge on any atom is 0.247 e. The molecule has 1 fully saturated rings. The Morgan fingerprint density at radius 2 is 2.00 bits per heavy atom. The summed E-state index contributed by atoms with van der Waals surface area (Å²) in [6, 6.07) is 7.31. The highest BCUT2D eigenvalue weighted by Gasteiger charge is 2.40. The average Bonchev–Trinajstić information content (AvgIpc) is 2.96. The number of anilines is 2. The summed E-state index contributed by atoms with van der Waals surface area (Å²) in [5.41, 5.74) is 7.20. The van der Waals surface area contributed by atoms with Crippen molar-refractivity contribution in [3.63, 3.8) is 0 Å². The molecule has 1 unspecified atom stereocenters. The minimum absolute atomic E-state index is 0.164. The first-order valence-corrected chi connectivity index (χ1v) is 7.93. The van der Waals surface area contributed by atoms with Crippen LogP contribution in [0.5, 0.6) is 0 Å². The lowest BCUT2D eigenvalue weighted by Crippen LogP contribution is -2.31. The van der Waals surface area contributed by atoms with Gasteiger partial charge in [0.25, 0.3) is 0 Å². The van der Waals surface area contributed by atoms with Crippen LogP contribution in [0.15, 0.2) is 28.6 Å². The maximum absolute atomic E-state index is 12.4. The molecule has 0 bridgehead atoms. The Morgan fingerprint density at radius 1 is 1.29 bits per heavy atom. The van der Waals surface area contributed by atoms with Gasteiger partial charge >= 0.3 is 0 Å². The summed E-state index contributed by atoms with van der Waals surface area (Å²) in [5, 5.41) is 7.46. The molecule has 0 radical (unpaired) electrons. The SMILES string of the molecule is Cc1ccc(N2C(=O)CC(Sc3nnc(N)s3)C2=O)cc1. The van der Waals surface area contributed by atoms with Crippen LogP contribution in [0, 0.1) is 6.92 Å². The second-order valence-corrected chi connectivity index (χ2v) is 7.08. The quantitative estimate of drug-likeness (QED) is 0.868. The van der Waals surface area contributed by atoms with Crippen LogP contribution >= 0.6 is 23.1 Å². The molecule has 1 aliphatic rings. The van der Waals surface area contributed by atoms with Crippen molar-refractivity contribution in [2.24, 2.45) is 0 Å². The third kappa shape index (κ3) is 2.77. The predicted molar refractivity (Wildman–Crippen MR) is 82.3 cm³/mol. The van der Waals surface area contributed by atoms with E-state index in [1.54, 1.807) is 12.1 Å². The molecule has 1 aromatic carbocycles. The number of carbonyl (C=O) groups is 2. The summed E-state index contributed by atoms with van der Waals surface area (Å²) in [5.74, 6) is -0.415. The summed E-state index contributed by atoms with van der Waals surface area (Å²) in [6.07, 6.45) is 0.164. The molecule has 108 valence electrons. The molecule has 1 aromatic heterocycles. The number of carbonyl (C=O) groups excluding carboxylic acids is 2. The minimum Gasteiger partial charge on any atom is -0.374 e. The first kappa shape index (κ1) is 14.0. The Bertz CT molecular complexity index is 698. The molecule has 8 heteroatoms. The molecular formula is C13H12N4O2S2. The molecule has 6 nitrogen and oxygen atoms in total. The Balaban J connectivity index is 1.80. The molecule has 2 amide bonds. The van der Waals surface area contributed by atoms with Crippen LogP contribution in [-0.4, -0.2) is 27.3 Å². The first-order valence-electron chi connectivity index (χ1n) is 6.23. The number of nitrogen functional groups attached to an aromatic ring is 1. The number of amides is 2. The molecule has 21 heavy (non-hydrogen) atoms. The molecule has 1 atom stereocenters.